The van der Waals surface area contributed by atoms with Crippen molar-refractivity contribution in [2.75, 3.05) is 6.54 Å². The van der Waals surface area contributed by atoms with E-state index in [0.29, 0.717) is 11.9 Å². The molecular formula is C19H24N2O. The van der Waals surface area contributed by atoms with Crippen molar-refractivity contribution in [3.05, 3.63) is 59.8 Å². The predicted octanol–water partition coefficient (Wildman–Crippen LogP) is 4.21. The zero-order valence-electron chi connectivity index (χ0n) is 13.4. The van der Waals surface area contributed by atoms with E-state index in [9.17, 15) is 0 Å². The molecule has 3 heteroatoms. The Hall–Kier alpha value is -1.87. The Balaban J connectivity index is 1.70. The molecule has 0 saturated carbocycles. The zero-order chi connectivity index (χ0) is 15.4. The van der Waals surface area contributed by atoms with Crippen LogP contribution in [0, 0.1) is 0 Å². The highest BCUT2D eigenvalue weighted by atomic mass is 16.5. The lowest BCUT2D eigenvalue weighted by atomic mass is 10.1. The molecule has 0 N–H and O–H groups in total. The second-order valence-corrected chi connectivity index (χ2v) is 6.21. The lowest BCUT2D eigenvalue weighted by Gasteiger charge is -2.24. The van der Waals surface area contributed by atoms with Crippen LogP contribution in [-0.4, -0.2) is 22.5 Å². The molecule has 22 heavy (non-hydrogen) atoms. The Morgan fingerprint density at radius 2 is 2.00 bits per heavy atom. The number of hydrogen-bond donors (Lipinski definition) is 0. The van der Waals surface area contributed by atoms with Crippen LogP contribution in [0.5, 0.6) is 5.88 Å². The molecule has 0 bridgehead atoms. The number of benzene rings is 1. The van der Waals surface area contributed by atoms with Crippen molar-refractivity contribution in [2.45, 2.75) is 45.4 Å². The Morgan fingerprint density at radius 1 is 1.18 bits per heavy atom. The topological polar surface area (TPSA) is 25.4 Å². The van der Waals surface area contributed by atoms with Crippen molar-refractivity contribution >= 4 is 0 Å². The highest BCUT2D eigenvalue weighted by molar-refractivity contribution is 5.23. The van der Waals surface area contributed by atoms with Crippen LogP contribution in [-0.2, 0) is 6.54 Å². The lowest BCUT2D eigenvalue weighted by Crippen LogP contribution is -2.22. The highest BCUT2D eigenvalue weighted by Crippen LogP contribution is 2.33. The van der Waals surface area contributed by atoms with E-state index in [2.05, 4.69) is 46.3 Å². The van der Waals surface area contributed by atoms with Gasteiger partial charge in [-0.3, -0.25) is 4.90 Å². The fourth-order valence-electron chi connectivity index (χ4n) is 3.11. The molecule has 0 spiro atoms. The second kappa shape index (κ2) is 6.93. The zero-order valence-corrected chi connectivity index (χ0v) is 13.4. The molecule has 3 nitrogen and oxygen atoms in total. The highest BCUT2D eigenvalue weighted by Gasteiger charge is 2.26. The fraction of sp³-hybridized carbons (Fsp3) is 0.421. The summed E-state index contributed by atoms with van der Waals surface area (Å²) in [5.74, 6) is 0.714. The third-order valence-corrected chi connectivity index (χ3v) is 4.09. The van der Waals surface area contributed by atoms with Gasteiger partial charge in [0.15, 0.2) is 0 Å². The van der Waals surface area contributed by atoms with Gasteiger partial charge in [-0.2, -0.15) is 0 Å². The summed E-state index contributed by atoms with van der Waals surface area (Å²) in [6.45, 7) is 6.21. The number of aromatic nitrogens is 1. The minimum atomic E-state index is 0.166. The Bertz CT molecular complexity index is 580. The van der Waals surface area contributed by atoms with E-state index >= 15 is 0 Å². The maximum atomic E-state index is 5.63. The van der Waals surface area contributed by atoms with Gasteiger partial charge in [-0.25, -0.2) is 4.98 Å². The van der Waals surface area contributed by atoms with Crippen LogP contribution < -0.4 is 4.74 Å². The molecule has 1 aliphatic rings. The normalized spacial score (nSPS) is 18.8. The van der Waals surface area contributed by atoms with Gasteiger partial charge < -0.3 is 4.74 Å². The van der Waals surface area contributed by atoms with Gasteiger partial charge in [-0.05, 0) is 44.4 Å². The fourth-order valence-corrected chi connectivity index (χ4v) is 3.11. The monoisotopic (exact) mass is 296 g/mol. The van der Waals surface area contributed by atoms with Crippen LogP contribution in [0.4, 0.5) is 0 Å². The third kappa shape index (κ3) is 3.66. The predicted molar refractivity (Wildman–Crippen MR) is 88.8 cm³/mol. The minimum Gasteiger partial charge on any atom is -0.475 e. The van der Waals surface area contributed by atoms with E-state index in [1.807, 2.05) is 26.1 Å². The number of nitrogens with zero attached hydrogens (tertiary/aromatic N) is 2. The molecule has 1 aromatic carbocycles. The number of likely N-dealkylation sites (tertiary alicyclic amines) is 1. The first-order valence-electron chi connectivity index (χ1n) is 8.13. The summed E-state index contributed by atoms with van der Waals surface area (Å²) < 4.78 is 5.63. The Labute approximate surface area is 132 Å². The molecule has 0 aliphatic carbocycles. The Kier molecular flexibility index (Phi) is 4.74. The first kappa shape index (κ1) is 15.0. The average Bonchev–Trinajstić information content (AvgIpc) is 2.97. The minimum absolute atomic E-state index is 0.166. The van der Waals surface area contributed by atoms with Gasteiger partial charge in [-0.15, -0.1) is 0 Å². The molecule has 2 aromatic rings. The van der Waals surface area contributed by atoms with E-state index in [4.69, 9.17) is 4.74 Å². The van der Waals surface area contributed by atoms with E-state index in [1.165, 1.54) is 24.0 Å². The smallest absolute Gasteiger partial charge is 0.213 e. The van der Waals surface area contributed by atoms with E-state index in [-0.39, 0.29) is 6.10 Å². The molecular weight excluding hydrogens is 272 g/mol. The van der Waals surface area contributed by atoms with Crippen molar-refractivity contribution in [1.29, 1.82) is 0 Å². The van der Waals surface area contributed by atoms with Crippen LogP contribution >= 0.6 is 0 Å². The van der Waals surface area contributed by atoms with Crippen LogP contribution in [0.15, 0.2) is 48.7 Å². The van der Waals surface area contributed by atoms with Crippen molar-refractivity contribution in [3.63, 3.8) is 0 Å². The van der Waals surface area contributed by atoms with Crippen molar-refractivity contribution in [1.82, 2.24) is 9.88 Å². The summed E-state index contributed by atoms with van der Waals surface area (Å²) in [6, 6.07) is 15.3. The first-order chi connectivity index (χ1) is 10.7. The number of ether oxygens (including phenoxy) is 1. The van der Waals surface area contributed by atoms with Gasteiger partial charge in [0.2, 0.25) is 5.88 Å². The largest absolute Gasteiger partial charge is 0.475 e. The molecule has 116 valence electrons. The summed E-state index contributed by atoms with van der Waals surface area (Å²) in [5, 5.41) is 0. The average molecular weight is 296 g/mol. The first-order valence-corrected chi connectivity index (χ1v) is 8.13. The van der Waals surface area contributed by atoms with E-state index < -0.39 is 0 Å². The summed E-state index contributed by atoms with van der Waals surface area (Å²) >= 11 is 0. The van der Waals surface area contributed by atoms with Crippen LogP contribution in [0.25, 0.3) is 0 Å². The SMILES string of the molecule is CC(C)Oc1ccc([C@@H]2CCCN2Cc2ccccc2)cn1. The number of pyridine rings is 1. The van der Waals surface area contributed by atoms with Crippen molar-refractivity contribution in [3.8, 4) is 5.88 Å². The molecule has 1 aliphatic heterocycles. The van der Waals surface area contributed by atoms with Crippen LogP contribution in [0.1, 0.15) is 43.9 Å². The van der Waals surface area contributed by atoms with Crippen LogP contribution in [0.3, 0.4) is 0 Å². The Morgan fingerprint density at radius 3 is 2.68 bits per heavy atom. The van der Waals surface area contributed by atoms with E-state index in [0.717, 1.165) is 13.1 Å². The molecule has 0 amide bonds. The quantitative estimate of drug-likeness (QED) is 0.826. The summed E-state index contributed by atoms with van der Waals surface area (Å²) in [7, 11) is 0. The summed E-state index contributed by atoms with van der Waals surface area (Å²) in [4.78, 5) is 7.01. The number of rotatable bonds is 5. The van der Waals surface area contributed by atoms with E-state index in [1.54, 1.807) is 0 Å². The standard InChI is InChI=1S/C19H24N2O/c1-15(2)22-19-11-10-17(13-20-19)18-9-6-12-21(18)14-16-7-4-3-5-8-16/h3-5,7-8,10-11,13,15,18H,6,9,12,14H2,1-2H3/t18-/m0/s1. The van der Waals surface area contributed by atoms with Gasteiger partial charge in [0.05, 0.1) is 6.10 Å². The second-order valence-electron chi connectivity index (χ2n) is 6.21. The van der Waals surface area contributed by atoms with Crippen molar-refractivity contribution in [2.24, 2.45) is 0 Å². The molecule has 1 atom stereocenters. The van der Waals surface area contributed by atoms with Gasteiger partial charge in [0, 0.05) is 24.8 Å². The van der Waals surface area contributed by atoms with Gasteiger partial charge in [-0.1, -0.05) is 36.4 Å². The molecule has 1 aromatic heterocycles. The summed E-state index contributed by atoms with van der Waals surface area (Å²) in [5.41, 5.74) is 2.67. The van der Waals surface area contributed by atoms with Gasteiger partial charge in [0.1, 0.15) is 0 Å². The maximum Gasteiger partial charge on any atom is 0.213 e. The molecule has 1 saturated heterocycles. The third-order valence-electron chi connectivity index (χ3n) is 4.09. The number of hydrogen-bond acceptors (Lipinski definition) is 3. The molecule has 0 radical (unpaired) electrons. The van der Waals surface area contributed by atoms with Crippen molar-refractivity contribution < 1.29 is 4.74 Å². The molecule has 2 heterocycles. The molecule has 1 fully saturated rings. The maximum absolute atomic E-state index is 5.63. The molecule has 3 rings (SSSR count). The van der Waals surface area contributed by atoms with Gasteiger partial charge in [0.25, 0.3) is 0 Å². The van der Waals surface area contributed by atoms with Crippen LogP contribution in [0.2, 0.25) is 0 Å². The molecule has 0 unspecified atom stereocenters. The summed E-state index contributed by atoms with van der Waals surface area (Å²) in [6.07, 6.45) is 4.60. The lowest BCUT2D eigenvalue weighted by molar-refractivity contribution is 0.230. The van der Waals surface area contributed by atoms with Gasteiger partial charge >= 0.3 is 0 Å².